The van der Waals surface area contributed by atoms with Crippen molar-refractivity contribution in [2.24, 2.45) is 0 Å². The van der Waals surface area contributed by atoms with E-state index in [0.29, 0.717) is 5.02 Å². The Morgan fingerprint density at radius 3 is 2.65 bits per heavy atom. The van der Waals surface area contributed by atoms with Crippen LogP contribution >= 0.6 is 11.6 Å². The van der Waals surface area contributed by atoms with Gasteiger partial charge in [-0.1, -0.05) is 23.7 Å². The number of halogens is 1. The molecule has 1 heterocycles. The van der Waals surface area contributed by atoms with Crippen molar-refractivity contribution in [3.63, 3.8) is 0 Å². The summed E-state index contributed by atoms with van der Waals surface area (Å²) in [6.45, 7) is 0. The normalized spacial score (nSPS) is 12.3. The summed E-state index contributed by atoms with van der Waals surface area (Å²) in [5, 5.41) is 22.0. The van der Waals surface area contributed by atoms with Gasteiger partial charge in [0.25, 0.3) is 0 Å². The minimum Gasteiger partial charge on any atom is -0.550 e. The molecule has 6 nitrogen and oxygen atoms in total. The zero-order valence-electron chi connectivity index (χ0n) is 8.65. The van der Waals surface area contributed by atoms with Gasteiger partial charge in [0.15, 0.2) is 0 Å². The predicted octanol–water partition coefficient (Wildman–Crippen LogP) is 0.0559. The maximum Gasteiger partial charge on any atom is 0.138 e. The van der Waals surface area contributed by atoms with E-state index < -0.39 is 12.0 Å². The highest BCUT2D eigenvalue weighted by Gasteiger charge is 2.15. The number of rotatable bonds is 4. The first-order valence-electron chi connectivity index (χ1n) is 4.84. The van der Waals surface area contributed by atoms with Crippen LogP contribution in [0.25, 0.3) is 0 Å². The fourth-order valence-corrected chi connectivity index (χ4v) is 1.64. The van der Waals surface area contributed by atoms with Gasteiger partial charge in [0, 0.05) is 17.4 Å². The van der Waals surface area contributed by atoms with Crippen molar-refractivity contribution < 1.29 is 9.90 Å². The second kappa shape index (κ2) is 4.92. The van der Waals surface area contributed by atoms with Crippen LogP contribution < -0.4 is 5.11 Å². The highest BCUT2D eigenvalue weighted by molar-refractivity contribution is 6.30. The number of carboxylic acid groups (broad SMARTS) is 1. The van der Waals surface area contributed by atoms with Crippen molar-refractivity contribution in [2.75, 3.05) is 0 Å². The molecule has 0 spiro atoms. The van der Waals surface area contributed by atoms with Crippen LogP contribution in [0.15, 0.2) is 30.6 Å². The first-order chi connectivity index (χ1) is 8.16. The van der Waals surface area contributed by atoms with Gasteiger partial charge in [0.1, 0.15) is 6.33 Å². The first kappa shape index (κ1) is 11.5. The number of hydrogen-bond donors (Lipinski definition) is 0. The molecule has 0 aliphatic heterocycles. The van der Waals surface area contributed by atoms with Gasteiger partial charge in [-0.05, 0) is 28.1 Å². The van der Waals surface area contributed by atoms with Crippen LogP contribution in [0.3, 0.4) is 0 Å². The van der Waals surface area contributed by atoms with Gasteiger partial charge >= 0.3 is 0 Å². The molecule has 1 aromatic carbocycles. The number of aromatic nitrogens is 4. The number of nitrogens with zero attached hydrogens (tertiary/aromatic N) is 4. The van der Waals surface area contributed by atoms with Crippen LogP contribution in [0.4, 0.5) is 0 Å². The molecule has 7 heteroatoms. The summed E-state index contributed by atoms with van der Waals surface area (Å²) in [6, 6.07) is 6.34. The molecule has 0 amide bonds. The average Bonchev–Trinajstić information content (AvgIpc) is 2.80. The Bertz CT molecular complexity index is 498. The Balaban J connectivity index is 2.33. The van der Waals surface area contributed by atoms with Crippen LogP contribution in [-0.4, -0.2) is 26.2 Å². The van der Waals surface area contributed by atoms with Gasteiger partial charge in [-0.2, -0.15) is 0 Å². The molecular weight excluding hydrogens is 244 g/mol. The first-order valence-corrected chi connectivity index (χ1v) is 5.22. The lowest BCUT2D eigenvalue weighted by Crippen LogP contribution is -2.27. The Morgan fingerprint density at radius 1 is 1.41 bits per heavy atom. The van der Waals surface area contributed by atoms with Gasteiger partial charge in [-0.25, -0.2) is 4.68 Å². The minimum atomic E-state index is -1.17. The van der Waals surface area contributed by atoms with E-state index in [-0.39, 0.29) is 6.42 Å². The molecule has 2 rings (SSSR count). The molecule has 0 bridgehead atoms. The topological polar surface area (TPSA) is 83.7 Å². The molecule has 0 N–H and O–H groups in total. The number of tetrazole rings is 1. The third-order valence-corrected chi connectivity index (χ3v) is 2.55. The lowest BCUT2D eigenvalue weighted by atomic mass is 10.0. The second-order valence-electron chi connectivity index (χ2n) is 3.43. The lowest BCUT2D eigenvalue weighted by molar-refractivity contribution is -0.306. The molecule has 17 heavy (non-hydrogen) atoms. The fourth-order valence-electron chi connectivity index (χ4n) is 1.52. The summed E-state index contributed by atoms with van der Waals surface area (Å²) in [5.41, 5.74) is 0.755. The van der Waals surface area contributed by atoms with Gasteiger partial charge < -0.3 is 9.90 Å². The molecular formula is C10H8ClN4O2-. The van der Waals surface area contributed by atoms with Crippen molar-refractivity contribution in [1.82, 2.24) is 20.2 Å². The molecule has 0 radical (unpaired) electrons. The summed E-state index contributed by atoms with van der Waals surface area (Å²) in [7, 11) is 0. The van der Waals surface area contributed by atoms with E-state index in [2.05, 4.69) is 15.5 Å². The molecule has 2 aromatic rings. The number of carbonyl (C=O) groups is 1. The third-order valence-electron chi connectivity index (χ3n) is 2.30. The molecule has 0 aliphatic rings. The van der Waals surface area contributed by atoms with E-state index in [0.717, 1.165) is 5.56 Å². The number of carbonyl (C=O) groups excluding carboxylic acids is 1. The maximum absolute atomic E-state index is 10.7. The van der Waals surface area contributed by atoms with Crippen molar-refractivity contribution in [2.45, 2.75) is 12.5 Å². The monoisotopic (exact) mass is 251 g/mol. The van der Waals surface area contributed by atoms with Crippen molar-refractivity contribution in [3.05, 3.63) is 41.2 Å². The van der Waals surface area contributed by atoms with Crippen molar-refractivity contribution in [3.8, 4) is 0 Å². The number of carboxylic acids is 1. The van der Waals surface area contributed by atoms with E-state index in [1.165, 1.54) is 11.0 Å². The van der Waals surface area contributed by atoms with Crippen molar-refractivity contribution >= 4 is 17.6 Å². The molecule has 1 atom stereocenters. The number of aliphatic carboxylic acids is 1. The zero-order valence-corrected chi connectivity index (χ0v) is 9.41. The molecule has 0 aliphatic carbocycles. The summed E-state index contributed by atoms with van der Waals surface area (Å²) in [6.07, 6.45) is 1.16. The van der Waals surface area contributed by atoms with Crippen molar-refractivity contribution in [1.29, 1.82) is 0 Å². The van der Waals surface area contributed by atoms with E-state index >= 15 is 0 Å². The SMILES string of the molecule is O=C([O-])C[C@@H](c1ccc(Cl)cc1)n1cnnn1. The Morgan fingerprint density at radius 2 is 2.12 bits per heavy atom. The van der Waals surface area contributed by atoms with Gasteiger partial charge in [-0.3, -0.25) is 0 Å². The van der Waals surface area contributed by atoms with E-state index in [1.807, 2.05) is 0 Å². The van der Waals surface area contributed by atoms with E-state index in [1.54, 1.807) is 24.3 Å². The van der Waals surface area contributed by atoms with Gasteiger partial charge in [0.2, 0.25) is 0 Å². The molecule has 88 valence electrons. The second-order valence-corrected chi connectivity index (χ2v) is 3.87. The molecule has 0 unspecified atom stereocenters. The highest BCUT2D eigenvalue weighted by atomic mass is 35.5. The Kier molecular flexibility index (Phi) is 3.34. The third kappa shape index (κ3) is 2.79. The maximum atomic E-state index is 10.7. The van der Waals surface area contributed by atoms with Gasteiger partial charge in [-0.15, -0.1) is 5.10 Å². The highest BCUT2D eigenvalue weighted by Crippen LogP contribution is 2.22. The van der Waals surface area contributed by atoms with Crippen LogP contribution in [-0.2, 0) is 4.79 Å². The van der Waals surface area contributed by atoms with E-state index in [9.17, 15) is 9.90 Å². The zero-order chi connectivity index (χ0) is 12.3. The predicted molar refractivity (Wildman–Crippen MR) is 57.0 cm³/mol. The lowest BCUT2D eigenvalue weighted by Gasteiger charge is -2.17. The molecule has 0 fully saturated rings. The number of benzene rings is 1. The molecule has 0 saturated carbocycles. The standard InChI is InChI=1S/C10H9ClN4O2/c11-8-3-1-7(2-4-8)9(5-10(16)17)15-6-12-13-14-15/h1-4,6,9H,5H2,(H,16,17)/p-1/t9-/m0/s1. The molecule has 1 aromatic heterocycles. The van der Waals surface area contributed by atoms with Gasteiger partial charge in [0.05, 0.1) is 6.04 Å². The summed E-state index contributed by atoms with van der Waals surface area (Å²) in [5.74, 6) is -1.17. The average molecular weight is 252 g/mol. The smallest absolute Gasteiger partial charge is 0.138 e. The number of hydrogen-bond acceptors (Lipinski definition) is 5. The minimum absolute atomic E-state index is 0.202. The summed E-state index contributed by atoms with van der Waals surface area (Å²) in [4.78, 5) is 10.7. The van der Waals surface area contributed by atoms with Crippen LogP contribution in [0.2, 0.25) is 5.02 Å². The Labute approximate surface area is 102 Å². The van der Waals surface area contributed by atoms with Crippen LogP contribution in [0.5, 0.6) is 0 Å². The molecule has 0 saturated heterocycles. The summed E-state index contributed by atoms with van der Waals surface area (Å²) >= 11 is 5.77. The largest absolute Gasteiger partial charge is 0.550 e. The van der Waals surface area contributed by atoms with Crippen LogP contribution in [0.1, 0.15) is 18.0 Å². The van der Waals surface area contributed by atoms with Crippen LogP contribution in [0, 0.1) is 0 Å². The van der Waals surface area contributed by atoms with E-state index in [4.69, 9.17) is 11.6 Å². The fraction of sp³-hybridized carbons (Fsp3) is 0.200. The quantitative estimate of drug-likeness (QED) is 0.767. The Hall–Kier alpha value is -1.95. The summed E-state index contributed by atoms with van der Waals surface area (Å²) < 4.78 is 1.37.